The number of non-ortho nitro benzene ring substituents is 1. The molecule has 0 saturated heterocycles. The number of nitro groups is 1. The number of amides is 1. The number of nitriles is 1. The second kappa shape index (κ2) is 35.0. The summed E-state index contributed by atoms with van der Waals surface area (Å²) >= 11 is 7.59. The molecule has 0 aliphatic heterocycles. The third-order valence-corrected chi connectivity index (χ3v) is 12.1. The molecule has 72 heavy (non-hydrogen) atoms. The maximum atomic E-state index is 12.5. The number of hydrogen-bond acceptors (Lipinski definition) is 22. The Kier molecular flexibility index (Phi) is 35.2. The third-order valence-electron chi connectivity index (χ3n) is 8.44. The first-order chi connectivity index (χ1) is 31.7. The van der Waals surface area contributed by atoms with Crippen LogP contribution in [0.5, 0.6) is 5.75 Å². The number of aromatic nitrogens is 2. The van der Waals surface area contributed by atoms with Crippen molar-refractivity contribution in [1.82, 2.24) is 15.3 Å². The number of nitrogens with one attached hydrogen (secondary N) is 2. The van der Waals surface area contributed by atoms with E-state index in [1.165, 1.54) is 13.0 Å². The number of halogens is 1. The predicted octanol–water partition coefficient (Wildman–Crippen LogP) is -4.65. The Morgan fingerprint density at radius 1 is 1.06 bits per heavy atom. The van der Waals surface area contributed by atoms with Crippen LogP contribution < -0.4 is 133 Å². The molecule has 5 rings (SSSR count). The van der Waals surface area contributed by atoms with Gasteiger partial charge in [-0.05, 0) is 65.2 Å². The van der Waals surface area contributed by atoms with E-state index in [-0.39, 0.29) is 155 Å². The molecule has 0 fully saturated rings. The average Bonchev–Trinajstić information content (AvgIpc) is 3.26. The van der Waals surface area contributed by atoms with E-state index in [4.69, 9.17) is 6.44 Å². The van der Waals surface area contributed by atoms with Gasteiger partial charge in [0.1, 0.15) is 42.2 Å². The summed E-state index contributed by atoms with van der Waals surface area (Å²) < 4.78 is 93.3. The van der Waals surface area contributed by atoms with E-state index in [1.54, 1.807) is 18.2 Å². The molecule has 2 aromatic heterocycles. The number of benzene rings is 3. The Balaban J connectivity index is -0.00000124. The van der Waals surface area contributed by atoms with E-state index in [0.29, 0.717) is 36.6 Å². The summed E-state index contributed by atoms with van der Waals surface area (Å²) in [6, 6.07) is 19.1. The Labute approximate surface area is 519 Å². The van der Waals surface area contributed by atoms with E-state index in [9.17, 15) is 70.4 Å². The van der Waals surface area contributed by atoms with Crippen molar-refractivity contribution >= 4 is 117 Å². The number of aryl methyl sites for hydroxylation is 1. The van der Waals surface area contributed by atoms with E-state index < -0.39 is 101 Å². The van der Waals surface area contributed by atoms with E-state index in [1.807, 2.05) is 36.4 Å². The largest absolute Gasteiger partial charge is 1.00 e. The van der Waals surface area contributed by atoms with E-state index in [2.05, 4.69) is 64.7 Å². The fraction of sp³-hybridized carbons (Fsp3) is 0.184. The Morgan fingerprint density at radius 3 is 2.11 bits per heavy atom. The Hall–Kier alpha value is -1.58. The van der Waals surface area contributed by atoms with Crippen LogP contribution in [0, 0.1) is 33.5 Å². The number of carbonyl (C=O) groups is 2. The van der Waals surface area contributed by atoms with Gasteiger partial charge in [0.25, 0.3) is 19.7 Å². The first-order valence-electron chi connectivity index (χ1n) is 18.6. The summed E-state index contributed by atoms with van der Waals surface area (Å²) in [6.07, 6.45) is 3.29. The summed E-state index contributed by atoms with van der Waals surface area (Å²) in [5.41, 5.74) is -1.40. The molecule has 0 saturated carbocycles. The van der Waals surface area contributed by atoms with Crippen LogP contribution in [0.4, 0.5) is 17.2 Å². The molecule has 0 bridgehead atoms. The number of carbonyl (C=O) groups excluding carboxylic acids is 2. The minimum absolute atomic E-state index is 0. The molecule has 360 valence electrons. The van der Waals surface area contributed by atoms with Crippen molar-refractivity contribution in [2.24, 2.45) is 10.2 Å². The van der Waals surface area contributed by atoms with Gasteiger partial charge in [-0.1, -0.05) is 57.2 Å². The normalized spacial score (nSPS) is 11.8. The molecule has 3 aromatic carbocycles. The number of rotatable bonds is 16. The molecule has 1 unspecified atom stereocenters. The standard InChI is InChI=1S/C19H18BrN3O.C18H15N4O14PS2.CH4.HNP2S.4Na/c1-2-7-17(14-8-4-3-5-9-14)23-19(24)15(13-21)12-16-10-6-11-18(20)22-16;1-8-17(24)13(6-23)14(7-36-37(27,28)29)18(19-8)21-20-9-2-11-12(15(3-9)38(30,31)32)4-10(22(25)26)5-16(11)39(33,34)35;;1-2-3-4;;;;/h3-6,8-12,17H,2,7H2,1H3,(H,23,24);2-6,24H,7H2,1H3,(H2,27,28,29)(H,30,31,32)(H,33,34,35);1H4;1H;;;;/q;;;;4*+1/p-3/b15-12+;;;;;;;/t17-;;;;;;;/m0......./s1/i/hD. The number of aldehydes is 1. The third kappa shape index (κ3) is 23.3. The van der Waals surface area contributed by atoms with Crippen molar-refractivity contribution in [2.75, 3.05) is 0 Å². The van der Waals surface area contributed by atoms with Gasteiger partial charge in [-0.25, -0.2) is 32.0 Å². The van der Waals surface area contributed by atoms with Crippen LogP contribution in [0.3, 0.4) is 0 Å². The monoisotopic (exact) mass is 1200 g/mol. The van der Waals surface area contributed by atoms with Crippen molar-refractivity contribution in [2.45, 2.75) is 56.6 Å². The van der Waals surface area contributed by atoms with Gasteiger partial charge < -0.3 is 38.4 Å². The average molecular weight is 1210 g/mol. The zero-order chi connectivity index (χ0) is 51.1. The molecule has 2 heterocycles. The predicted molar refractivity (Wildman–Crippen MR) is 249 cm³/mol. The Morgan fingerprint density at radius 2 is 1.62 bits per heavy atom. The Bertz CT molecular complexity index is 3190. The number of nitro benzene ring substituents is 1. The molecule has 1 amide bonds. The van der Waals surface area contributed by atoms with Crippen LogP contribution in [0.2, 0.25) is 0 Å². The van der Waals surface area contributed by atoms with Crippen LogP contribution in [0.15, 0.2) is 103 Å². The summed E-state index contributed by atoms with van der Waals surface area (Å²) in [5.74, 6) is -1.75. The summed E-state index contributed by atoms with van der Waals surface area (Å²) in [7, 11) is -16.3. The van der Waals surface area contributed by atoms with Crippen molar-refractivity contribution in [3.05, 3.63) is 121 Å². The quantitative estimate of drug-likeness (QED) is 0.00799. The summed E-state index contributed by atoms with van der Waals surface area (Å²) in [5, 5.41) is 45.5. The number of pyridine rings is 2. The zero-order valence-corrected chi connectivity index (χ0v) is 52.8. The molecular weight excluding hydrogens is 1170 g/mol. The van der Waals surface area contributed by atoms with Crippen molar-refractivity contribution < 1.29 is 183 Å². The molecule has 5 aromatic rings. The molecule has 2 atom stereocenters. The summed E-state index contributed by atoms with van der Waals surface area (Å²) in [4.78, 5) is 61.4. The fourth-order valence-electron chi connectivity index (χ4n) is 5.61. The molecule has 0 aliphatic carbocycles. The van der Waals surface area contributed by atoms with Crippen LogP contribution in [0.1, 0.15) is 66.1 Å². The molecule has 0 radical (unpaired) electrons. The smallest absolute Gasteiger partial charge is 0.790 e. The van der Waals surface area contributed by atoms with Gasteiger partial charge in [0.2, 0.25) is 6.99 Å². The van der Waals surface area contributed by atoms with Gasteiger partial charge >= 0.3 is 120 Å². The van der Waals surface area contributed by atoms with Gasteiger partial charge in [-0.3, -0.25) is 19.7 Å². The first kappa shape index (κ1) is 72.5. The maximum absolute atomic E-state index is 12.5. The molecule has 0 aliphatic rings. The molecule has 3 N–H and O–H groups in total. The summed E-state index contributed by atoms with van der Waals surface area (Å²) in [6.45, 7) is 0.982. The van der Waals surface area contributed by atoms with Gasteiger partial charge in [0, 0.05) is 28.5 Å². The minimum Gasteiger partial charge on any atom is -0.790 e. The molecule has 34 heteroatoms. The van der Waals surface area contributed by atoms with Crippen molar-refractivity contribution in [3.63, 3.8) is 0 Å². The van der Waals surface area contributed by atoms with Crippen molar-refractivity contribution in [3.8, 4) is 11.8 Å². The molecule has 0 spiro atoms. The van der Waals surface area contributed by atoms with Gasteiger partial charge in [-0.15, -0.1) is 10.2 Å². The van der Waals surface area contributed by atoms with Gasteiger partial charge in [-0.2, -0.15) is 5.26 Å². The second-order valence-electron chi connectivity index (χ2n) is 12.9. The van der Waals surface area contributed by atoms with Crippen LogP contribution in [-0.2, 0) is 52.5 Å². The number of aromatic hydroxyl groups is 1. The molecule has 23 nitrogen and oxygen atoms in total. The number of hydrogen-bond donors (Lipinski definition) is 3. The van der Waals surface area contributed by atoms with Crippen LogP contribution >= 0.6 is 38.8 Å². The maximum Gasteiger partial charge on any atom is 1.00 e. The fourth-order valence-corrected chi connectivity index (χ4v) is 7.67. The number of phosphoric ester groups is 1. The second-order valence-corrected chi connectivity index (χ2v) is 20.5. The van der Waals surface area contributed by atoms with Crippen molar-refractivity contribution in [1.29, 1.82) is 11.7 Å². The van der Waals surface area contributed by atoms with Gasteiger partial charge in [0.05, 0.1) is 57.8 Å². The SMILES string of the molecule is C.CCC[C@H](NC(=O)/C(C#N)=C/c1cccc(Br)n1)c1ccccc1.Cc1nc(N=Nc2cc(S(=O)(=O)[O-])c3cc([N+](=O)[O-])cc(S(=O)(=O)[O-])c3c2)c(COP(=O)([O-])[O-])c(C=O)c1O.[2H][P+](=S)P=N.[Na+].[Na+].[Na+].[Na+]. The van der Waals surface area contributed by atoms with E-state index in [0.717, 1.165) is 24.5 Å². The number of azo groups is 1. The van der Waals surface area contributed by atoms with Crippen LogP contribution in [-0.4, -0.2) is 59.4 Å². The number of fused-ring (bicyclic) bond motifs is 1. The number of nitrogens with zero attached hydrogens (tertiary/aromatic N) is 6. The van der Waals surface area contributed by atoms with Gasteiger partial charge in [0.15, 0.2) is 23.9 Å². The first-order valence-corrected chi connectivity index (χ1v) is 26.7. The topological polar surface area (TPSA) is 394 Å². The van der Waals surface area contributed by atoms with Crippen LogP contribution in [0.25, 0.3) is 16.8 Å². The zero-order valence-electron chi connectivity index (χ0n) is 39.1. The number of phosphoric acid groups is 1. The van der Waals surface area contributed by atoms with E-state index >= 15 is 0 Å². The molecular formula is C38H35BrN8Na4O15P3S3+. The minimum atomic E-state index is -5.60.